The van der Waals surface area contributed by atoms with Gasteiger partial charge in [0.05, 0.1) is 17.7 Å². The molecule has 0 bridgehead atoms. The van der Waals surface area contributed by atoms with Crippen molar-refractivity contribution >= 4 is 23.3 Å². The summed E-state index contributed by atoms with van der Waals surface area (Å²) >= 11 is 5.78. The summed E-state index contributed by atoms with van der Waals surface area (Å²) in [7, 11) is 1.57. The van der Waals surface area contributed by atoms with Gasteiger partial charge in [-0.2, -0.15) is 4.98 Å². The first kappa shape index (κ1) is 19.2. The Morgan fingerprint density at radius 1 is 1.34 bits per heavy atom. The van der Waals surface area contributed by atoms with E-state index in [0.717, 1.165) is 6.42 Å². The third kappa shape index (κ3) is 3.88. The van der Waals surface area contributed by atoms with Gasteiger partial charge in [0.25, 0.3) is 0 Å². The Morgan fingerprint density at radius 2 is 2.17 bits per heavy atom. The van der Waals surface area contributed by atoms with Crippen molar-refractivity contribution in [3.63, 3.8) is 0 Å². The molecule has 0 radical (unpaired) electrons. The van der Waals surface area contributed by atoms with Gasteiger partial charge in [-0.3, -0.25) is 0 Å². The summed E-state index contributed by atoms with van der Waals surface area (Å²) in [6.45, 7) is 0.539. The Hall–Kier alpha value is -3.13. The van der Waals surface area contributed by atoms with Crippen molar-refractivity contribution in [1.82, 2.24) is 15.0 Å². The summed E-state index contributed by atoms with van der Waals surface area (Å²) in [4.78, 5) is 18.8. The number of benzene rings is 2. The number of ether oxygens (including phenoxy) is 1. The van der Waals surface area contributed by atoms with Crippen molar-refractivity contribution < 1.29 is 18.4 Å². The number of carbonyl (C=O) groups excluding carboxylic acids is 1. The number of nitrogens with zero attached hydrogens (tertiary/aromatic N) is 3. The normalized spacial score (nSPS) is 16.1. The van der Waals surface area contributed by atoms with Gasteiger partial charge >= 0.3 is 6.03 Å². The highest BCUT2D eigenvalue weighted by Gasteiger charge is 2.34. The molecule has 0 saturated carbocycles. The van der Waals surface area contributed by atoms with Crippen molar-refractivity contribution in [2.45, 2.75) is 18.9 Å². The van der Waals surface area contributed by atoms with E-state index in [-0.39, 0.29) is 17.1 Å². The Bertz CT molecular complexity index is 1040. The first-order valence-electron chi connectivity index (χ1n) is 9.06. The van der Waals surface area contributed by atoms with E-state index < -0.39 is 5.82 Å². The number of amides is 2. The third-order valence-corrected chi connectivity index (χ3v) is 5.05. The molecule has 9 heteroatoms. The molecule has 1 aromatic heterocycles. The molecule has 0 unspecified atom stereocenters. The number of methoxy groups -OCH3 is 1. The molecule has 29 heavy (non-hydrogen) atoms. The number of anilines is 1. The fraction of sp³-hybridized carbons (Fsp3) is 0.250. The van der Waals surface area contributed by atoms with Crippen LogP contribution in [0, 0.1) is 5.82 Å². The summed E-state index contributed by atoms with van der Waals surface area (Å²) in [6.07, 6.45) is 1.50. The molecule has 1 aliphatic rings. The standard InChI is InChI=1S/C20H18ClFN4O3/c1-28-17-7-3-2-5-13(17)18-24-19(29-25-18)16-6-4-10-26(16)20(27)23-12-8-9-15(22)14(21)11-12/h2-3,5,7-9,11,16H,4,6,10H2,1H3,(H,23,27)/t16-/m1/s1. The summed E-state index contributed by atoms with van der Waals surface area (Å²) < 4.78 is 24.1. The first-order valence-corrected chi connectivity index (χ1v) is 9.44. The second-order valence-electron chi connectivity index (χ2n) is 6.57. The molecule has 3 aromatic rings. The maximum Gasteiger partial charge on any atom is 0.322 e. The number of hydrogen-bond donors (Lipinski definition) is 1. The number of carbonyl (C=O) groups is 1. The van der Waals surface area contributed by atoms with Gasteiger partial charge in [-0.15, -0.1) is 0 Å². The summed E-state index contributed by atoms with van der Waals surface area (Å²) in [5.41, 5.74) is 1.12. The summed E-state index contributed by atoms with van der Waals surface area (Å²) in [6, 6.07) is 10.7. The van der Waals surface area contributed by atoms with Crippen LogP contribution in [0.3, 0.4) is 0 Å². The molecule has 1 fully saturated rings. The molecule has 1 N–H and O–H groups in total. The Morgan fingerprint density at radius 3 is 2.97 bits per heavy atom. The van der Waals surface area contributed by atoms with Crippen molar-refractivity contribution in [2.75, 3.05) is 19.0 Å². The molecule has 2 amide bonds. The quantitative estimate of drug-likeness (QED) is 0.653. The maximum absolute atomic E-state index is 13.3. The average molecular weight is 417 g/mol. The Balaban J connectivity index is 1.53. The molecule has 0 spiro atoms. The van der Waals surface area contributed by atoms with Crippen LogP contribution in [-0.4, -0.2) is 34.7 Å². The minimum absolute atomic E-state index is 0.0564. The fourth-order valence-electron chi connectivity index (χ4n) is 3.35. The van der Waals surface area contributed by atoms with Crippen LogP contribution in [-0.2, 0) is 0 Å². The molecule has 7 nitrogen and oxygen atoms in total. The monoisotopic (exact) mass is 416 g/mol. The SMILES string of the molecule is COc1ccccc1-c1noc([C@H]2CCCN2C(=O)Nc2ccc(F)c(Cl)c2)n1. The average Bonchev–Trinajstić information content (AvgIpc) is 3.40. The Labute approximate surface area is 171 Å². The minimum atomic E-state index is -0.543. The third-order valence-electron chi connectivity index (χ3n) is 4.76. The van der Waals surface area contributed by atoms with Gasteiger partial charge in [0.15, 0.2) is 0 Å². The Kier molecular flexibility index (Phi) is 5.35. The highest BCUT2D eigenvalue weighted by atomic mass is 35.5. The van der Waals surface area contributed by atoms with Crippen molar-refractivity contribution in [1.29, 1.82) is 0 Å². The molecule has 0 aliphatic carbocycles. The number of likely N-dealkylation sites (tertiary alicyclic amines) is 1. The number of rotatable bonds is 4. The second kappa shape index (κ2) is 8.08. The van der Waals surface area contributed by atoms with Crippen LogP contribution >= 0.6 is 11.6 Å². The van der Waals surface area contributed by atoms with E-state index >= 15 is 0 Å². The zero-order valence-electron chi connectivity index (χ0n) is 15.6. The lowest BCUT2D eigenvalue weighted by Gasteiger charge is -2.22. The van der Waals surface area contributed by atoms with Gasteiger partial charge in [0.1, 0.15) is 17.6 Å². The van der Waals surface area contributed by atoms with Crippen LogP contribution < -0.4 is 10.1 Å². The van der Waals surface area contributed by atoms with Crippen LogP contribution in [0.2, 0.25) is 5.02 Å². The van der Waals surface area contributed by atoms with Crippen LogP contribution in [0.4, 0.5) is 14.9 Å². The number of halogens is 2. The number of para-hydroxylation sites is 1. The molecular weight excluding hydrogens is 399 g/mol. The first-order chi connectivity index (χ1) is 14.1. The van der Waals surface area contributed by atoms with Crippen molar-refractivity contribution in [2.24, 2.45) is 0 Å². The van der Waals surface area contributed by atoms with Crippen LogP contribution in [0.25, 0.3) is 11.4 Å². The topological polar surface area (TPSA) is 80.5 Å². The van der Waals surface area contributed by atoms with Crippen molar-refractivity contribution in [3.8, 4) is 17.1 Å². The lowest BCUT2D eigenvalue weighted by atomic mass is 10.2. The fourth-order valence-corrected chi connectivity index (χ4v) is 3.53. The molecule has 150 valence electrons. The van der Waals surface area contributed by atoms with E-state index in [0.29, 0.717) is 41.7 Å². The van der Waals surface area contributed by atoms with Gasteiger partial charge in [0, 0.05) is 12.2 Å². The van der Waals surface area contributed by atoms with Gasteiger partial charge in [-0.1, -0.05) is 28.9 Å². The summed E-state index contributed by atoms with van der Waals surface area (Å²) in [5.74, 6) is 0.846. The smallest absolute Gasteiger partial charge is 0.322 e. The molecule has 2 heterocycles. The van der Waals surface area contributed by atoms with E-state index in [1.54, 1.807) is 12.0 Å². The minimum Gasteiger partial charge on any atom is -0.496 e. The van der Waals surface area contributed by atoms with E-state index in [9.17, 15) is 9.18 Å². The highest BCUT2D eigenvalue weighted by molar-refractivity contribution is 6.31. The molecule has 4 rings (SSSR count). The summed E-state index contributed by atoms with van der Waals surface area (Å²) in [5, 5.41) is 6.73. The number of aromatic nitrogens is 2. The van der Waals surface area contributed by atoms with Gasteiger partial charge in [-0.05, 0) is 43.2 Å². The number of nitrogens with one attached hydrogen (secondary N) is 1. The second-order valence-corrected chi connectivity index (χ2v) is 6.97. The van der Waals surface area contributed by atoms with Gasteiger partial charge < -0.3 is 19.5 Å². The predicted molar refractivity (Wildman–Crippen MR) is 105 cm³/mol. The maximum atomic E-state index is 13.3. The van der Waals surface area contributed by atoms with Crippen molar-refractivity contribution in [3.05, 3.63) is 59.2 Å². The molecule has 2 aromatic carbocycles. The van der Waals surface area contributed by atoms with E-state index in [2.05, 4.69) is 15.5 Å². The molecule has 1 aliphatic heterocycles. The van der Waals surface area contributed by atoms with Crippen LogP contribution in [0.5, 0.6) is 5.75 Å². The van der Waals surface area contributed by atoms with Crippen LogP contribution in [0.15, 0.2) is 47.0 Å². The largest absolute Gasteiger partial charge is 0.496 e. The molecular formula is C20H18ClFN4O3. The van der Waals surface area contributed by atoms with Crippen LogP contribution in [0.1, 0.15) is 24.8 Å². The predicted octanol–water partition coefficient (Wildman–Crippen LogP) is 4.91. The highest BCUT2D eigenvalue weighted by Crippen LogP contribution is 2.34. The van der Waals surface area contributed by atoms with E-state index in [4.69, 9.17) is 20.9 Å². The number of urea groups is 1. The zero-order chi connectivity index (χ0) is 20.4. The zero-order valence-corrected chi connectivity index (χ0v) is 16.3. The lowest BCUT2D eigenvalue weighted by molar-refractivity contribution is 0.193. The van der Waals surface area contributed by atoms with Gasteiger partial charge in [-0.25, -0.2) is 9.18 Å². The van der Waals surface area contributed by atoms with Gasteiger partial charge in [0.2, 0.25) is 11.7 Å². The molecule has 1 saturated heterocycles. The molecule has 1 atom stereocenters. The number of hydrogen-bond acceptors (Lipinski definition) is 5. The lowest BCUT2D eigenvalue weighted by Crippen LogP contribution is -2.34. The van der Waals surface area contributed by atoms with E-state index in [1.165, 1.54) is 18.2 Å². The van der Waals surface area contributed by atoms with E-state index in [1.807, 2.05) is 24.3 Å².